The molecule has 3 rings (SSSR count). The molecule has 3 aromatic rings. The van der Waals surface area contributed by atoms with E-state index in [1.807, 2.05) is 54.6 Å². The smallest absolute Gasteiger partial charge is 0.261 e. The molecule has 0 aliphatic carbocycles. The molecule has 1 unspecified atom stereocenters. The van der Waals surface area contributed by atoms with Gasteiger partial charge in [-0.3, -0.25) is 4.79 Å². The quantitative estimate of drug-likeness (QED) is 0.574. The lowest BCUT2D eigenvalue weighted by Gasteiger charge is -2.17. The molecule has 1 atom stereocenters. The molecular weight excluding hydrogens is 422 g/mol. The van der Waals surface area contributed by atoms with Crippen molar-refractivity contribution < 1.29 is 19.0 Å². The third-order valence-corrected chi connectivity index (χ3v) is 5.23. The van der Waals surface area contributed by atoms with Crippen molar-refractivity contribution in [3.63, 3.8) is 0 Å². The maximum Gasteiger partial charge on any atom is 0.261 e. The molecule has 0 aliphatic heterocycles. The Kier molecular flexibility index (Phi) is 6.41. The molecule has 0 aromatic heterocycles. The molecule has 0 radical (unpaired) electrons. The predicted octanol–water partition coefficient (Wildman–Crippen LogP) is 4.70. The number of rotatable bonds is 7. The maximum absolute atomic E-state index is 12.5. The van der Waals surface area contributed by atoms with Crippen molar-refractivity contribution in [3.05, 3.63) is 64.6 Å². The van der Waals surface area contributed by atoms with Crippen LogP contribution in [0.4, 0.5) is 0 Å². The van der Waals surface area contributed by atoms with E-state index >= 15 is 0 Å². The first kappa shape index (κ1) is 20.0. The van der Waals surface area contributed by atoms with Gasteiger partial charge in [0.2, 0.25) is 0 Å². The molecule has 146 valence electrons. The van der Waals surface area contributed by atoms with Crippen LogP contribution in [0.2, 0.25) is 0 Å². The van der Waals surface area contributed by atoms with E-state index < -0.39 is 6.10 Å². The third kappa shape index (κ3) is 4.39. The van der Waals surface area contributed by atoms with E-state index in [4.69, 9.17) is 14.2 Å². The van der Waals surface area contributed by atoms with Crippen molar-refractivity contribution in [2.45, 2.75) is 19.6 Å². The summed E-state index contributed by atoms with van der Waals surface area (Å²) in [4.78, 5) is 12.5. The lowest BCUT2D eigenvalue weighted by molar-refractivity contribution is -0.127. The molecule has 5 nitrogen and oxygen atoms in total. The Balaban J connectivity index is 1.64. The first-order chi connectivity index (χ1) is 13.5. The fraction of sp³-hybridized carbons (Fsp3) is 0.227. The monoisotopic (exact) mass is 443 g/mol. The molecule has 1 N–H and O–H groups in total. The van der Waals surface area contributed by atoms with E-state index in [9.17, 15) is 4.79 Å². The van der Waals surface area contributed by atoms with Gasteiger partial charge in [0.05, 0.1) is 18.7 Å². The Morgan fingerprint density at radius 3 is 2.46 bits per heavy atom. The van der Waals surface area contributed by atoms with E-state index in [0.29, 0.717) is 23.8 Å². The second-order valence-corrected chi connectivity index (χ2v) is 7.06. The van der Waals surface area contributed by atoms with Crippen LogP contribution in [-0.2, 0) is 11.3 Å². The van der Waals surface area contributed by atoms with Gasteiger partial charge in [-0.2, -0.15) is 0 Å². The summed E-state index contributed by atoms with van der Waals surface area (Å²) in [6, 6.07) is 17.4. The van der Waals surface area contributed by atoms with E-state index in [-0.39, 0.29) is 5.91 Å². The summed E-state index contributed by atoms with van der Waals surface area (Å²) < 4.78 is 17.2. The van der Waals surface area contributed by atoms with E-state index in [1.54, 1.807) is 21.1 Å². The zero-order valence-electron chi connectivity index (χ0n) is 16.0. The number of nitrogens with one attached hydrogen (secondary N) is 1. The fourth-order valence-corrected chi connectivity index (χ4v) is 3.46. The highest BCUT2D eigenvalue weighted by Crippen LogP contribution is 2.33. The Hall–Kier alpha value is -2.73. The number of amides is 1. The lowest BCUT2D eigenvalue weighted by atomic mass is 10.1. The number of ether oxygens (including phenoxy) is 3. The number of halogens is 1. The number of carbonyl (C=O) groups excluding carboxylic acids is 1. The van der Waals surface area contributed by atoms with Crippen molar-refractivity contribution in [1.29, 1.82) is 0 Å². The van der Waals surface area contributed by atoms with Crippen LogP contribution in [0.5, 0.6) is 17.2 Å². The molecule has 6 heteroatoms. The molecule has 28 heavy (non-hydrogen) atoms. The third-order valence-electron chi connectivity index (χ3n) is 4.42. The summed E-state index contributed by atoms with van der Waals surface area (Å²) >= 11 is 3.58. The summed E-state index contributed by atoms with van der Waals surface area (Å²) in [6.07, 6.45) is -0.641. The van der Waals surface area contributed by atoms with E-state index in [1.165, 1.54) is 0 Å². The molecule has 0 heterocycles. The maximum atomic E-state index is 12.5. The van der Waals surface area contributed by atoms with Gasteiger partial charge in [0.15, 0.2) is 17.6 Å². The first-order valence-corrected chi connectivity index (χ1v) is 9.65. The van der Waals surface area contributed by atoms with Crippen molar-refractivity contribution in [2.24, 2.45) is 0 Å². The Labute approximate surface area is 172 Å². The van der Waals surface area contributed by atoms with Crippen LogP contribution in [0.1, 0.15) is 12.5 Å². The van der Waals surface area contributed by atoms with Gasteiger partial charge in [-0.25, -0.2) is 0 Å². The van der Waals surface area contributed by atoms with Crippen LogP contribution in [-0.4, -0.2) is 26.2 Å². The average molecular weight is 444 g/mol. The SMILES string of the molecule is COc1ccc(CNC(=O)C(C)Oc2ccc3ccccc3c2Br)cc1OC. The van der Waals surface area contributed by atoms with Gasteiger partial charge in [-0.1, -0.05) is 36.4 Å². The highest BCUT2D eigenvalue weighted by atomic mass is 79.9. The summed E-state index contributed by atoms with van der Waals surface area (Å²) in [7, 11) is 3.17. The predicted molar refractivity (Wildman–Crippen MR) is 113 cm³/mol. The first-order valence-electron chi connectivity index (χ1n) is 8.86. The van der Waals surface area contributed by atoms with E-state index in [0.717, 1.165) is 20.8 Å². The molecule has 0 saturated heterocycles. The van der Waals surface area contributed by atoms with Crippen LogP contribution in [0.25, 0.3) is 10.8 Å². The molecule has 3 aromatic carbocycles. The number of benzene rings is 3. The van der Waals surface area contributed by atoms with Gasteiger partial charge in [0.1, 0.15) is 5.75 Å². The normalized spacial score (nSPS) is 11.7. The van der Waals surface area contributed by atoms with Gasteiger partial charge in [0, 0.05) is 6.54 Å². The van der Waals surface area contributed by atoms with Crippen LogP contribution in [0.3, 0.4) is 0 Å². The second-order valence-electron chi connectivity index (χ2n) is 6.27. The Morgan fingerprint density at radius 1 is 1.00 bits per heavy atom. The summed E-state index contributed by atoms with van der Waals surface area (Å²) in [5.41, 5.74) is 0.907. The zero-order valence-corrected chi connectivity index (χ0v) is 17.6. The molecule has 0 fully saturated rings. The van der Waals surface area contributed by atoms with Crippen molar-refractivity contribution in [1.82, 2.24) is 5.32 Å². The van der Waals surface area contributed by atoms with Crippen LogP contribution >= 0.6 is 15.9 Å². The minimum absolute atomic E-state index is 0.199. The van der Waals surface area contributed by atoms with Crippen LogP contribution in [0.15, 0.2) is 59.1 Å². The minimum Gasteiger partial charge on any atom is -0.493 e. The number of fused-ring (bicyclic) bond motifs is 1. The van der Waals surface area contributed by atoms with Crippen molar-refractivity contribution in [3.8, 4) is 17.2 Å². The molecule has 0 aliphatic rings. The summed E-state index contributed by atoms with van der Waals surface area (Å²) in [5, 5.41) is 5.03. The van der Waals surface area contributed by atoms with Gasteiger partial charge in [-0.15, -0.1) is 0 Å². The Bertz CT molecular complexity index is 989. The van der Waals surface area contributed by atoms with Gasteiger partial charge in [0.25, 0.3) is 5.91 Å². The topological polar surface area (TPSA) is 56.8 Å². The molecular formula is C22H22BrNO4. The molecule has 0 bridgehead atoms. The van der Waals surface area contributed by atoms with Crippen LogP contribution in [0, 0.1) is 0 Å². The van der Waals surface area contributed by atoms with Crippen molar-refractivity contribution in [2.75, 3.05) is 14.2 Å². The highest BCUT2D eigenvalue weighted by molar-refractivity contribution is 9.10. The summed E-state index contributed by atoms with van der Waals surface area (Å²) in [6.45, 7) is 2.09. The second kappa shape index (κ2) is 8.97. The average Bonchev–Trinajstić information content (AvgIpc) is 2.73. The fourth-order valence-electron chi connectivity index (χ4n) is 2.87. The molecule has 0 spiro atoms. The molecule has 0 saturated carbocycles. The number of methoxy groups -OCH3 is 2. The number of hydrogen-bond donors (Lipinski definition) is 1. The number of carbonyl (C=O) groups is 1. The van der Waals surface area contributed by atoms with Gasteiger partial charge >= 0.3 is 0 Å². The van der Waals surface area contributed by atoms with E-state index in [2.05, 4.69) is 21.2 Å². The molecule has 1 amide bonds. The lowest BCUT2D eigenvalue weighted by Crippen LogP contribution is -2.36. The van der Waals surface area contributed by atoms with Crippen molar-refractivity contribution >= 4 is 32.6 Å². The number of hydrogen-bond acceptors (Lipinski definition) is 4. The largest absolute Gasteiger partial charge is 0.493 e. The standard InChI is InChI=1S/C22H22BrNO4/c1-14(28-19-11-9-16-6-4-5-7-17(16)21(19)23)22(25)24-13-15-8-10-18(26-2)20(12-15)27-3/h4-12,14H,13H2,1-3H3,(H,24,25). The Morgan fingerprint density at radius 2 is 1.71 bits per heavy atom. The summed E-state index contributed by atoms with van der Waals surface area (Å²) in [5.74, 6) is 1.70. The highest BCUT2D eigenvalue weighted by Gasteiger charge is 2.17. The van der Waals surface area contributed by atoms with Gasteiger partial charge in [-0.05, 0) is 57.4 Å². The van der Waals surface area contributed by atoms with Crippen LogP contribution < -0.4 is 19.5 Å². The zero-order chi connectivity index (χ0) is 20.1. The van der Waals surface area contributed by atoms with Gasteiger partial charge < -0.3 is 19.5 Å². The minimum atomic E-state index is -0.641.